The van der Waals surface area contributed by atoms with Gasteiger partial charge >= 0.3 is 0 Å². The molecule has 2 aliphatic heterocycles. The maximum atomic E-state index is 12.9. The average Bonchev–Trinajstić information content (AvgIpc) is 3.33. The third-order valence-corrected chi connectivity index (χ3v) is 6.93. The van der Waals surface area contributed by atoms with Gasteiger partial charge in [-0.05, 0) is 62.0 Å². The van der Waals surface area contributed by atoms with Crippen molar-refractivity contribution in [3.05, 3.63) is 47.5 Å². The Balaban J connectivity index is 1.52. The number of hydrogen-bond acceptors (Lipinski definition) is 6. The molecule has 0 aromatic heterocycles. The standard InChI is InChI=1S/C21H25N3O5S/c1-14(25)24-9-8-16-10-17(5-6-18(16)24)30(26,27)22-12-19(23(2)3)15-4-7-20-21(11-15)29-13-28-20/h4-7,10-11,19,22H,8-9,12-13H2,1-3H3. The molecular weight excluding hydrogens is 406 g/mol. The number of carbonyl (C=O) groups excluding carboxylic acids is 1. The molecule has 2 heterocycles. The number of anilines is 1. The lowest BCUT2D eigenvalue weighted by molar-refractivity contribution is -0.116. The summed E-state index contributed by atoms with van der Waals surface area (Å²) in [5, 5.41) is 0. The van der Waals surface area contributed by atoms with Crippen LogP contribution in [-0.2, 0) is 21.2 Å². The summed E-state index contributed by atoms with van der Waals surface area (Å²) in [7, 11) is 0.0925. The Kier molecular flexibility index (Phi) is 5.44. The molecule has 0 spiro atoms. The normalized spacial score (nSPS) is 16.1. The molecule has 0 saturated heterocycles. The van der Waals surface area contributed by atoms with Crippen LogP contribution in [0.15, 0.2) is 41.3 Å². The van der Waals surface area contributed by atoms with Gasteiger partial charge in [-0.1, -0.05) is 6.07 Å². The summed E-state index contributed by atoms with van der Waals surface area (Å²) in [4.78, 5) is 15.5. The first-order valence-electron chi connectivity index (χ1n) is 9.73. The van der Waals surface area contributed by atoms with Gasteiger partial charge < -0.3 is 19.3 Å². The monoisotopic (exact) mass is 431 g/mol. The molecule has 0 aliphatic carbocycles. The number of ether oxygens (including phenoxy) is 2. The first-order chi connectivity index (χ1) is 14.3. The SMILES string of the molecule is CC(=O)N1CCc2cc(S(=O)(=O)NCC(c3ccc4c(c3)OCO4)N(C)C)ccc21. The van der Waals surface area contributed by atoms with Crippen LogP contribution in [0.3, 0.4) is 0 Å². The average molecular weight is 432 g/mol. The van der Waals surface area contributed by atoms with Crippen molar-refractivity contribution >= 4 is 21.6 Å². The fraction of sp³-hybridized carbons (Fsp3) is 0.381. The highest BCUT2D eigenvalue weighted by Crippen LogP contribution is 2.35. The van der Waals surface area contributed by atoms with Crippen LogP contribution in [0, 0.1) is 0 Å². The number of likely N-dealkylation sites (N-methyl/N-ethyl adjacent to an activating group) is 1. The van der Waals surface area contributed by atoms with Crippen molar-refractivity contribution in [3.8, 4) is 11.5 Å². The second-order valence-corrected chi connectivity index (χ2v) is 9.42. The smallest absolute Gasteiger partial charge is 0.240 e. The predicted octanol–water partition coefficient (Wildman–Crippen LogP) is 1.91. The van der Waals surface area contributed by atoms with E-state index in [0.29, 0.717) is 24.5 Å². The van der Waals surface area contributed by atoms with E-state index in [9.17, 15) is 13.2 Å². The van der Waals surface area contributed by atoms with E-state index in [1.54, 1.807) is 23.1 Å². The Labute approximate surface area is 176 Å². The van der Waals surface area contributed by atoms with E-state index in [4.69, 9.17) is 9.47 Å². The highest BCUT2D eigenvalue weighted by molar-refractivity contribution is 7.89. The van der Waals surface area contributed by atoms with E-state index < -0.39 is 10.0 Å². The van der Waals surface area contributed by atoms with Crippen molar-refractivity contribution in [2.45, 2.75) is 24.3 Å². The van der Waals surface area contributed by atoms with Gasteiger partial charge in [0.05, 0.1) is 4.90 Å². The van der Waals surface area contributed by atoms with E-state index in [1.165, 1.54) is 6.92 Å². The van der Waals surface area contributed by atoms with E-state index >= 15 is 0 Å². The number of rotatable bonds is 6. The quantitative estimate of drug-likeness (QED) is 0.752. The topological polar surface area (TPSA) is 88.2 Å². The molecule has 2 aliphatic rings. The molecule has 1 amide bonds. The van der Waals surface area contributed by atoms with Crippen LogP contribution in [-0.4, -0.2) is 53.2 Å². The molecule has 0 radical (unpaired) electrons. The van der Waals surface area contributed by atoms with Crippen molar-refractivity contribution in [2.24, 2.45) is 0 Å². The number of fused-ring (bicyclic) bond motifs is 2. The van der Waals surface area contributed by atoms with Crippen LogP contribution >= 0.6 is 0 Å². The zero-order valence-corrected chi connectivity index (χ0v) is 18.0. The molecule has 2 aromatic rings. The van der Waals surface area contributed by atoms with Crippen LogP contribution < -0.4 is 19.1 Å². The van der Waals surface area contributed by atoms with Gasteiger partial charge in [0.25, 0.3) is 0 Å². The molecule has 1 N–H and O–H groups in total. The van der Waals surface area contributed by atoms with Crippen molar-refractivity contribution in [1.29, 1.82) is 0 Å². The number of nitrogens with zero attached hydrogens (tertiary/aromatic N) is 2. The maximum absolute atomic E-state index is 12.9. The minimum Gasteiger partial charge on any atom is -0.454 e. The third kappa shape index (κ3) is 3.88. The number of carbonyl (C=O) groups is 1. The molecule has 1 unspecified atom stereocenters. The summed E-state index contributed by atoms with van der Waals surface area (Å²) in [6.45, 7) is 2.48. The Morgan fingerprint density at radius 1 is 1.17 bits per heavy atom. The van der Waals surface area contributed by atoms with Crippen LogP contribution in [0.25, 0.3) is 0 Å². The lowest BCUT2D eigenvalue weighted by Gasteiger charge is -2.25. The molecule has 4 rings (SSSR count). The van der Waals surface area contributed by atoms with Gasteiger partial charge in [0.2, 0.25) is 22.7 Å². The van der Waals surface area contributed by atoms with Gasteiger partial charge in [-0.25, -0.2) is 13.1 Å². The Bertz CT molecular complexity index is 1080. The number of benzene rings is 2. The molecule has 0 bridgehead atoms. The largest absolute Gasteiger partial charge is 0.454 e. The minimum atomic E-state index is -3.70. The Hall–Kier alpha value is -2.62. The highest BCUT2D eigenvalue weighted by atomic mass is 32.2. The molecule has 30 heavy (non-hydrogen) atoms. The molecule has 160 valence electrons. The summed E-state index contributed by atoms with van der Waals surface area (Å²) < 4.78 is 39.4. The molecular formula is C21H25N3O5S. The predicted molar refractivity (Wildman–Crippen MR) is 112 cm³/mol. The molecule has 2 aromatic carbocycles. The number of sulfonamides is 1. The van der Waals surface area contributed by atoms with Gasteiger partial charge in [-0.3, -0.25) is 4.79 Å². The third-order valence-electron chi connectivity index (χ3n) is 5.51. The van der Waals surface area contributed by atoms with Gasteiger partial charge in [0, 0.05) is 31.7 Å². The minimum absolute atomic E-state index is 0.0416. The molecule has 1 atom stereocenters. The number of hydrogen-bond donors (Lipinski definition) is 1. The second-order valence-electron chi connectivity index (χ2n) is 7.66. The molecule has 0 fully saturated rings. The fourth-order valence-corrected chi connectivity index (χ4v) is 4.95. The van der Waals surface area contributed by atoms with Gasteiger partial charge in [-0.15, -0.1) is 0 Å². The van der Waals surface area contributed by atoms with Gasteiger partial charge in [0.1, 0.15) is 0 Å². The summed E-state index contributed by atoms with van der Waals surface area (Å²) in [6.07, 6.45) is 0.649. The fourth-order valence-electron chi connectivity index (χ4n) is 3.86. The van der Waals surface area contributed by atoms with E-state index in [-0.39, 0.29) is 30.2 Å². The zero-order valence-electron chi connectivity index (χ0n) is 17.2. The number of amides is 1. The first kappa shape index (κ1) is 20.6. The van der Waals surface area contributed by atoms with E-state index in [1.807, 2.05) is 37.2 Å². The lowest BCUT2D eigenvalue weighted by Crippen LogP contribution is -2.34. The maximum Gasteiger partial charge on any atom is 0.240 e. The summed E-state index contributed by atoms with van der Waals surface area (Å²) in [5.41, 5.74) is 2.58. The summed E-state index contributed by atoms with van der Waals surface area (Å²) in [6, 6.07) is 10.4. The van der Waals surface area contributed by atoms with Crippen LogP contribution in [0.1, 0.15) is 24.1 Å². The molecule has 8 nitrogen and oxygen atoms in total. The highest BCUT2D eigenvalue weighted by Gasteiger charge is 2.26. The van der Waals surface area contributed by atoms with Crippen LogP contribution in [0.5, 0.6) is 11.5 Å². The molecule has 0 saturated carbocycles. The number of nitrogens with one attached hydrogen (secondary N) is 1. The van der Waals surface area contributed by atoms with Crippen LogP contribution in [0.4, 0.5) is 5.69 Å². The summed E-state index contributed by atoms with van der Waals surface area (Å²) in [5.74, 6) is 1.31. The van der Waals surface area contributed by atoms with Crippen molar-refractivity contribution in [3.63, 3.8) is 0 Å². The molecule has 9 heteroatoms. The van der Waals surface area contributed by atoms with E-state index in [2.05, 4.69) is 4.72 Å². The van der Waals surface area contributed by atoms with Crippen molar-refractivity contribution in [2.75, 3.05) is 38.9 Å². The van der Waals surface area contributed by atoms with E-state index in [0.717, 1.165) is 16.8 Å². The Morgan fingerprint density at radius 2 is 1.93 bits per heavy atom. The van der Waals surface area contributed by atoms with Gasteiger partial charge in [-0.2, -0.15) is 0 Å². The van der Waals surface area contributed by atoms with Crippen molar-refractivity contribution in [1.82, 2.24) is 9.62 Å². The van der Waals surface area contributed by atoms with Crippen molar-refractivity contribution < 1.29 is 22.7 Å². The second kappa shape index (κ2) is 7.90. The first-order valence-corrected chi connectivity index (χ1v) is 11.2. The summed E-state index contributed by atoms with van der Waals surface area (Å²) >= 11 is 0. The van der Waals surface area contributed by atoms with Gasteiger partial charge in [0.15, 0.2) is 11.5 Å². The Morgan fingerprint density at radius 3 is 2.67 bits per heavy atom. The van der Waals surface area contributed by atoms with Crippen LogP contribution in [0.2, 0.25) is 0 Å². The lowest BCUT2D eigenvalue weighted by atomic mass is 10.1. The zero-order chi connectivity index (χ0) is 21.5.